The van der Waals surface area contributed by atoms with Crippen LogP contribution in [0.1, 0.15) is 12.5 Å². The third kappa shape index (κ3) is 3.40. The predicted octanol–water partition coefficient (Wildman–Crippen LogP) is 2.85. The lowest BCUT2D eigenvalue weighted by Crippen LogP contribution is -2.01. The zero-order valence-corrected chi connectivity index (χ0v) is 9.92. The fourth-order valence-electron chi connectivity index (χ4n) is 0.976. The van der Waals surface area contributed by atoms with Crippen molar-refractivity contribution in [2.75, 3.05) is 6.61 Å². The van der Waals surface area contributed by atoms with Gasteiger partial charge in [-0.05, 0) is 19.1 Å². The maximum atomic E-state index is 11.1. The van der Waals surface area contributed by atoms with E-state index in [-0.39, 0.29) is 28.2 Å². The van der Waals surface area contributed by atoms with E-state index in [2.05, 4.69) is 9.72 Å². The average molecular weight is 262 g/mol. The average Bonchev–Trinajstić information content (AvgIpc) is 2.17. The largest absolute Gasteiger partial charge is 0.507 e. The maximum Gasteiger partial charge on any atom is 0.334 e. The van der Waals surface area contributed by atoms with Crippen LogP contribution in [0.25, 0.3) is 5.76 Å². The molecular weight excluding hydrogens is 253 g/mol. The summed E-state index contributed by atoms with van der Waals surface area (Å²) in [6.45, 7) is 1.90. The Kier molecular flexibility index (Phi) is 4.58. The van der Waals surface area contributed by atoms with Crippen molar-refractivity contribution in [3.63, 3.8) is 0 Å². The zero-order chi connectivity index (χ0) is 12.1. The molecule has 0 saturated heterocycles. The Morgan fingerprint density at radius 3 is 2.81 bits per heavy atom. The molecule has 0 atom stereocenters. The van der Waals surface area contributed by atoms with E-state index in [1.807, 2.05) is 0 Å². The van der Waals surface area contributed by atoms with Gasteiger partial charge in [0.1, 0.15) is 16.1 Å². The molecule has 1 aromatic heterocycles. The second kappa shape index (κ2) is 5.72. The number of aromatic nitrogens is 1. The number of hydrogen-bond acceptors (Lipinski definition) is 4. The molecule has 6 heteroatoms. The third-order valence-corrected chi connectivity index (χ3v) is 2.13. The van der Waals surface area contributed by atoms with Crippen molar-refractivity contribution >= 4 is 34.9 Å². The minimum Gasteiger partial charge on any atom is -0.507 e. The van der Waals surface area contributed by atoms with E-state index in [0.29, 0.717) is 0 Å². The summed E-state index contributed by atoms with van der Waals surface area (Å²) in [5.41, 5.74) is 0.221. The van der Waals surface area contributed by atoms with Gasteiger partial charge in [-0.2, -0.15) is 0 Å². The van der Waals surface area contributed by atoms with Crippen molar-refractivity contribution < 1.29 is 14.6 Å². The summed E-state index contributed by atoms with van der Waals surface area (Å²) < 4.78 is 4.63. The monoisotopic (exact) mass is 261 g/mol. The normalized spacial score (nSPS) is 11.3. The first kappa shape index (κ1) is 12.8. The summed E-state index contributed by atoms with van der Waals surface area (Å²) in [6, 6.07) is 2.92. The number of esters is 1. The molecule has 86 valence electrons. The number of aliphatic hydroxyl groups excluding tert-OH is 1. The smallest absolute Gasteiger partial charge is 0.334 e. The molecule has 0 aliphatic heterocycles. The van der Waals surface area contributed by atoms with E-state index in [1.165, 1.54) is 12.1 Å². The Labute approximate surface area is 102 Å². The number of nitrogens with zero attached hydrogens (tertiary/aromatic N) is 1. The number of hydrogen-bond donors (Lipinski definition) is 1. The molecule has 0 aliphatic carbocycles. The van der Waals surface area contributed by atoms with Crippen molar-refractivity contribution in [2.24, 2.45) is 0 Å². The van der Waals surface area contributed by atoms with Gasteiger partial charge in [0.25, 0.3) is 0 Å². The fourth-order valence-corrected chi connectivity index (χ4v) is 1.42. The lowest BCUT2D eigenvalue weighted by atomic mass is 10.2. The molecule has 1 heterocycles. The van der Waals surface area contributed by atoms with Crippen molar-refractivity contribution in [3.05, 3.63) is 34.1 Å². The molecule has 0 unspecified atom stereocenters. The highest BCUT2D eigenvalue weighted by Gasteiger charge is 2.09. The van der Waals surface area contributed by atoms with E-state index in [9.17, 15) is 9.90 Å². The van der Waals surface area contributed by atoms with Gasteiger partial charge in [-0.15, -0.1) is 0 Å². The van der Waals surface area contributed by atoms with Gasteiger partial charge in [0.2, 0.25) is 0 Å². The van der Waals surface area contributed by atoms with Crippen LogP contribution in [0.15, 0.2) is 18.2 Å². The van der Waals surface area contributed by atoms with Gasteiger partial charge >= 0.3 is 5.97 Å². The van der Waals surface area contributed by atoms with Gasteiger partial charge in [-0.1, -0.05) is 23.2 Å². The number of rotatable bonds is 3. The van der Waals surface area contributed by atoms with Crippen molar-refractivity contribution in [1.29, 1.82) is 0 Å². The van der Waals surface area contributed by atoms with Crippen LogP contribution in [0.2, 0.25) is 10.3 Å². The minimum atomic E-state index is -0.647. The van der Waals surface area contributed by atoms with Gasteiger partial charge in [-0.25, -0.2) is 9.78 Å². The molecular formula is C10H9Cl2NO3. The Morgan fingerprint density at radius 1 is 1.56 bits per heavy atom. The summed E-state index contributed by atoms with van der Waals surface area (Å²) in [7, 11) is 0. The number of pyridine rings is 1. The van der Waals surface area contributed by atoms with Gasteiger partial charge < -0.3 is 9.84 Å². The van der Waals surface area contributed by atoms with Crippen LogP contribution >= 0.6 is 23.2 Å². The minimum absolute atomic E-state index is 0.0190. The highest BCUT2D eigenvalue weighted by molar-refractivity contribution is 6.33. The molecule has 0 spiro atoms. The predicted molar refractivity (Wildman–Crippen MR) is 61.5 cm³/mol. The summed E-state index contributed by atoms with van der Waals surface area (Å²) in [6.07, 6.45) is 0.931. The lowest BCUT2D eigenvalue weighted by Gasteiger charge is -2.02. The van der Waals surface area contributed by atoms with Gasteiger partial charge in [0, 0.05) is 0 Å². The Balaban J connectivity index is 2.96. The van der Waals surface area contributed by atoms with Crippen LogP contribution in [-0.2, 0) is 9.53 Å². The molecule has 1 aromatic rings. The number of carbonyl (C=O) groups is 1. The van der Waals surface area contributed by atoms with Crippen molar-refractivity contribution in [2.45, 2.75) is 6.92 Å². The molecule has 0 fully saturated rings. The Hall–Kier alpha value is -1.26. The van der Waals surface area contributed by atoms with Crippen LogP contribution in [0.4, 0.5) is 0 Å². The first-order valence-corrected chi connectivity index (χ1v) is 5.20. The van der Waals surface area contributed by atoms with Crippen molar-refractivity contribution in [3.8, 4) is 0 Å². The lowest BCUT2D eigenvalue weighted by molar-refractivity contribution is -0.137. The molecule has 4 nitrogen and oxygen atoms in total. The van der Waals surface area contributed by atoms with Crippen LogP contribution in [-0.4, -0.2) is 22.7 Å². The molecule has 0 aliphatic rings. The van der Waals surface area contributed by atoms with E-state index in [0.717, 1.165) is 6.08 Å². The SMILES string of the molecule is CCOC(=O)/C=C(\O)c1ccc(Cl)nc1Cl. The van der Waals surface area contributed by atoms with Gasteiger partial charge in [0.05, 0.1) is 18.2 Å². The fraction of sp³-hybridized carbons (Fsp3) is 0.200. The maximum absolute atomic E-state index is 11.1. The number of halogens is 2. The second-order valence-corrected chi connectivity index (χ2v) is 3.50. The molecule has 0 bridgehead atoms. The van der Waals surface area contributed by atoms with Crippen LogP contribution in [0.3, 0.4) is 0 Å². The highest BCUT2D eigenvalue weighted by atomic mass is 35.5. The van der Waals surface area contributed by atoms with E-state index in [4.69, 9.17) is 23.2 Å². The highest BCUT2D eigenvalue weighted by Crippen LogP contribution is 2.22. The number of carbonyl (C=O) groups excluding carboxylic acids is 1. The molecule has 0 saturated carbocycles. The van der Waals surface area contributed by atoms with Crippen molar-refractivity contribution in [1.82, 2.24) is 4.98 Å². The topological polar surface area (TPSA) is 59.4 Å². The number of ether oxygens (including phenoxy) is 1. The first-order valence-electron chi connectivity index (χ1n) is 4.44. The van der Waals surface area contributed by atoms with E-state index in [1.54, 1.807) is 6.92 Å². The van der Waals surface area contributed by atoms with Gasteiger partial charge in [-0.3, -0.25) is 0 Å². The zero-order valence-electron chi connectivity index (χ0n) is 8.41. The van der Waals surface area contributed by atoms with E-state index < -0.39 is 5.97 Å². The Morgan fingerprint density at radius 2 is 2.25 bits per heavy atom. The summed E-state index contributed by atoms with van der Waals surface area (Å²) in [5.74, 6) is -0.960. The van der Waals surface area contributed by atoms with Gasteiger partial charge in [0.15, 0.2) is 0 Å². The second-order valence-electron chi connectivity index (χ2n) is 2.75. The molecule has 0 radical (unpaired) electrons. The Bertz CT molecular complexity index is 432. The van der Waals surface area contributed by atoms with Crippen LogP contribution in [0.5, 0.6) is 0 Å². The molecule has 0 amide bonds. The summed E-state index contributed by atoms with van der Waals surface area (Å²) in [4.78, 5) is 14.8. The van der Waals surface area contributed by atoms with Crippen LogP contribution < -0.4 is 0 Å². The van der Waals surface area contributed by atoms with E-state index >= 15 is 0 Å². The molecule has 0 aromatic carbocycles. The standard InChI is InChI=1S/C10H9Cl2NO3/c1-2-16-9(15)5-7(14)6-3-4-8(11)13-10(6)12/h3-5,14H,2H2,1H3/b7-5-. The van der Waals surface area contributed by atoms with Crippen LogP contribution in [0, 0.1) is 0 Å². The third-order valence-electron chi connectivity index (χ3n) is 1.63. The summed E-state index contributed by atoms with van der Waals surface area (Å²) >= 11 is 11.3. The summed E-state index contributed by atoms with van der Waals surface area (Å²) in [5, 5.41) is 9.81. The molecule has 1 N–H and O–H groups in total. The first-order chi connectivity index (χ1) is 7.54. The quantitative estimate of drug-likeness (QED) is 0.394. The molecule has 1 rings (SSSR count). The molecule has 16 heavy (non-hydrogen) atoms. The number of aliphatic hydroxyl groups is 1.